The summed E-state index contributed by atoms with van der Waals surface area (Å²) in [4.78, 5) is 20.1. The third-order valence-corrected chi connectivity index (χ3v) is 3.99. The van der Waals surface area contributed by atoms with Crippen LogP contribution in [0, 0.1) is 5.82 Å². The van der Waals surface area contributed by atoms with Crippen molar-refractivity contribution in [2.24, 2.45) is 0 Å². The van der Waals surface area contributed by atoms with E-state index in [1.165, 1.54) is 6.07 Å². The second-order valence-electron chi connectivity index (χ2n) is 5.92. The molecule has 3 aromatic rings. The van der Waals surface area contributed by atoms with Crippen molar-refractivity contribution >= 4 is 16.7 Å². The van der Waals surface area contributed by atoms with E-state index >= 15 is 0 Å². The SMILES string of the molecule is CNC(=O)c1ccc(-c2cc3ccc(F)c(C(C)C)c3cn2)cn1. The molecule has 0 saturated carbocycles. The molecule has 1 aromatic carbocycles. The number of aromatic nitrogens is 2. The molecule has 0 atom stereocenters. The van der Waals surface area contributed by atoms with Gasteiger partial charge < -0.3 is 5.32 Å². The number of fused-ring (bicyclic) bond motifs is 1. The number of carbonyl (C=O) groups is 1. The van der Waals surface area contributed by atoms with Crippen LogP contribution in [0.4, 0.5) is 4.39 Å². The van der Waals surface area contributed by atoms with Crippen molar-refractivity contribution in [2.45, 2.75) is 19.8 Å². The van der Waals surface area contributed by atoms with Crippen molar-refractivity contribution in [3.05, 3.63) is 59.8 Å². The first-order valence-corrected chi connectivity index (χ1v) is 7.78. The van der Waals surface area contributed by atoms with Crippen molar-refractivity contribution in [3.63, 3.8) is 0 Å². The second kappa shape index (κ2) is 6.35. The Balaban J connectivity index is 2.05. The van der Waals surface area contributed by atoms with Crippen LogP contribution in [0.1, 0.15) is 35.8 Å². The quantitative estimate of drug-likeness (QED) is 0.795. The highest BCUT2D eigenvalue weighted by atomic mass is 19.1. The lowest BCUT2D eigenvalue weighted by Crippen LogP contribution is -2.18. The highest BCUT2D eigenvalue weighted by Crippen LogP contribution is 2.30. The Bertz CT molecular complexity index is 904. The minimum atomic E-state index is -0.231. The molecule has 0 fully saturated rings. The molecule has 0 bridgehead atoms. The lowest BCUT2D eigenvalue weighted by atomic mass is 9.96. The van der Waals surface area contributed by atoms with Gasteiger partial charge in [0.05, 0.1) is 5.69 Å². The zero-order valence-corrected chi connectivity index (χ0v) is 13.8. The molecule has 2 heterocycles. The number of pyridine rings is 2. The van der Waals surface area contributed by atoms with Crippen molar-refractivity contribution in [1.29, 1.82) is 0 Å². The summed E-state index contributed by atoms with van der Waals surface area (Å²) in [6.45, 7) is 3.93. The van der Waals surface area contributed by atoms with E-state index in [1.54, 1.807) is 37.6 Å². The van der Waals surface area contributed by atoms with Gasteiger partial charge in [-0.2, -0.15) is 0 Å². The number of rotatable bonds is 3. The molecule has 4 nitrogen and oxygen atoms in total. The summed E-state index contributed by atoms with van der Waals surface area (Å²) in [5.41, 5.74) is 2.57. The average Bonchev–Trinajstić information content (AvgIpc) is 2.60. The normalized spacial score (nSPS) is 11.0. The van der Waals surface area contributed by atoms with Gasteiger partial charge in [0.1, 0.15) is 11.5 Å². The summed E-state index contributed by atoms with van der Waals surface area (Å²) in [6.07, 6.45) is 3.32. The van der Waals surface area contributed by atoms with Gasteiger partial charge in [-0.05, 0) is 41.1 Å². The minimum absolute atomic E-state index is 0.0786. The molecule has 0 aliphatic rings. The molecule has 24 heavy (non-hydrogen) atoms. The van der Waals surface area contributed by atoms with Gasteiger partial charge in [-0.1, -0.05) is 19.9 Å². The molecular formula is C19H18FN3O. The zero-order valence-electron chi connectivity index (χ0n) is 13.8. The number of benzene rings is 1. The Labute approximate surface area is 139 Å². The standard InChI is InChI=1S/C19H18FN3O/c1-11(2)18-14-10-23-17(8-12(14)4-6-15(18)20)13-5-7-16(22-9-13)19(24)21-3/h4-11H,1-3H3,(H,21,24). The van der Waals surface area contributed by atoms with Crippen molar-refractivity contribution < 1.29 is 9.18 Å². The zero-order chi connectivity index (χ0) is 17.3. The van der Waals surface area contributed by atoms with Crippen molar-refractivity contribution in [1.82, 2.24) is 15.3 Å². The number of nitrogens with one attached hydrogen (secondary N) is 1. The maximum absolute atomic E-state index is 14.1. The molecule has 0 spiro atoms. The Kier molecular flexibility index (Phi) is 4.25. The molecule has 1 amide bonds. The fourth-order valence-electron chi connectivity index (χ4n) is 2.77. The molecule has 0 aliphatic carbocycles. The van der Waals surface area contributed by atoms with Gasteiger partial charge in [0.15, 0.2) is 0 Å². The summed E-state index contributed by atoms with van der Waals surface area (Å²) in [5, 5.41) is 4.29. The van der Waals surface area contributed by atoms with Crippen LogP contribution < -0.4 is 5.32 Å². The summed E-state index contributed by atoms with van der Waals surface area (Å²) >= 11 is 0. The Hall–Kier alpha value is -2.82. The third-order valence-electron chi connectivity index (χ3n) is 3.99. The lowest BCUT2D eigenvalue weighted by Gasteiger charge is -2.12. The van der Waals surface area contributed by atoms with E-state index in [2.05, 4.69) is 15.3 Å². The van der Waals surface area contributed by atoms with Crippen LogP contribution in [-0.2, 0) is 0 Å². The molecule has 0 saturated heterocycles. The van der Waals surface area contributed by atoms with E-state index in [0.29, 0.717) is 11.3 Å². The maximum atomic E-state index is 14.1. The number of hydrogen-bond donors (Lipinski definition) is 1. The van der Waals surface area contributed by atoms with Gasteiger partial charge in [-0.3, -0.25) is 14.8 Å². The van der Waals surface area contributed by atoms with E-state index in [0.717, 1.165) is 22.0 Å². The van der Waals surface area contributed by atoms with Crippen molar-refractivity contribution in [2.75, 3.05) is 7.05 Å². The molecule has 1 N–H and O–H groups in total. The molecular weight excluding hydrogens is 305 g/mol. The predicted molar refractivity (Wildman–Crippen MR) is 92.4 cm³/mol. The van der Waals surface area contributed by atoms with Gasteiger partial charge in [-0.25, -0.2) is 4.39 Å². The van der Waals surface area contributed by atoms with Crippen LogP contribution in [-0.4, -0.2) is 22.9 Å². The monoisotopic (exact) mass is 323 g/mol. The first-order chi connectivity index (χ1) is 11.5. The van der Waals surface area contributed by atoms with E-state index < -0.39 is 0 Å². The van der Waals surface area contributed by atoms with E-state index in [9.17, 15) is 9.18 Å². The number of hydrogen-bond acceptors (Lipinski definition) is 3. The molecule has 0 radical (unpaired) electrons. The van der Waals surface area contributed by atoms with Gasteiger partial charge in [0.25, 0.3) is 5.91 Å². The topological polar surface area (TPSA) is 54.9 Å². The Morgan fingerprint density at radius 1 is 1.12 bits per heavy atom. The second-order valence-corrected chi connectivity index (χ2v) is 5.92. The highest BCUT2D eigenvalue weighted by Gasteiger charge is 2.13. The number of halogens is 1. The Morgan fingerprint density at radius 2 is 1.92 bits per heavy atom. The van der Waals surface area contributed by atoms with E-state index in [-0.39, 0.29) is 17.6 Å². The van der Waals surface area contributed by atoms with Crippen LogP contribution in [0.2, 0.25) is 0 Å². The van der Waals surface area contributed by atoms with Crippen LogP contribution in [0.5, 0.6) is 0 Å². The Morgan fingerprint density at radius 3 is 2.54 bits per heavy atom. The third kappa shape index (κ3) is 2.85. The van der Waals surface area contributed by atoms with Crippen LogP contribution in [0.25, 0.3) is 22.0 Å². The largest absolute Gasteiger partial charge is 0.354 e. The van der Waals surface area contributed by atoms with Crippen LogP contribution >= 0.6 is 0 Å². The fourth-order valence-corrected chi connectivity index (χ4v) is 2.77. The lowest BCUT2D eigenvalue weighted by molar-refractivity contribution is 0.0958. The van der Waals surface area contributed by atoms with E-state index in [1.807, 2.05) is 19.9 Å². The number of carbonyl (C=O) groups excluding carboxylic acids is 1. The molecule has 3 rings (SSSR count). The smallest absolute Gasteiger partial charge is 0.269 e. The van der Waals surface area contributed by atoms with Gasteiger partial charge in [0, 0.05) is 30.4 Å². The van der Waals surface area contributed by atoms with Gasteiger partial charge in [-0.15, -0.1) is 0 Å². The number of nitrogens with zero attached hydrogens (tertiary/aromatic N) is 2. The predicted octanol–water partition coefficient (Wildman–Crippen LogP) is 3.92. The summed E-state index contributed by atoms with van der Waals surface area (Å²) in [7, 11) is 1.56. The molecule has 0 aliphatic heterocycles. The van der Waals surface area contributed by atoms with Gasteiger partial charge >= 0.3 is 0 Å². The molecule has 2 aromatic heterocycles. The summed E-state index contributed by atoms with van der Waals surface area (Å²) in [5.74, 6) is -0.358. The average molecular weight is 323 g/mol. The summed E-state index contributed by atoms with van der Waals surface area (Å²) < 4.78 is 14.1. The minimum Gasteiger partial charge on any atom is -0.354 e. The van der Waals surface area contributed by atoms with Gasteiger partial charge in [0.2, 0.25) is 0 Å². The maximum Gasteiger partial charge on any atom is 0.269 e. The van der Waals surface area contributed by atoms with Crippen LogP contribution in [0.3, 0.4) is 0 Å². The van der Waals surface area contributed by atoms with Crippen LogP contribution in [0.15, 0.2) is 42.7 Å². The fraction of sp³-hybridized carbons (Fsp3) is 0.211. The molecule has 5 heteroatoms. The first kappa shape index (κ1) is 16.1. The first-order valence-electron chi connectivity index (χ1n) is 7.78. The van der Waals surface area contributed by atoms with Crippen molar-refractivity contribution in [3.8, 4) is 11.3 Å². The van der Waals surface area contributed by atoms with E-state index in [4.69, 9.17) is 0 Å². The molecule has 0 unspecified atom stereocenters. The summed E-state index contributed by atoms with van der Waals surface area (Å²) in [6, 6.07) is 8.63. The highest BCUT2D eigenvalue weighted by molar-refractivity contribution is 5.92. The molecule has 122 valence electrons. The number of amides is 1.